The number of para-hydroxylation sites is 1. The third kappa shape index (κ3) is 2.84. The standard InChI is InChI=1S/C26H26NSSi/c1-17-14-15-23-26(19-11-7-9-13-22(19)28-23)25(17)21-16-24(29(3,4)5)18-10-6-8-12-20(18)27(21)2/h6-16H,1-5H3/q+1. The topological polar surface area (TPSA) is 3.88 Å². The highest BCUT2D eigenvalue weighted by atomic mass is 32.1. The van der Waals surface area contributed by atoms with Gasteiger partial charge < -0.3 is 0 Å². The van der Waals surface area contributed by atoms with Crippen LogP contribution in [0.1, 0.15) is 5.56 Å². The van der Waals surface area contributed by atoms with E-state index in [1.165, 1.54) is 53.1 Å². The molecule has 0 unspecified atom stereocenters. The monoisotopic (exact) mass is 412 g/mol. The third-order valence-corrected chi connectivity index (χ3v) is 9.18. The highest BCUT2D eigenvalue weighted by Gasteiger charge is 2.28. The second kappa shape index (κ2) is 6.51. The maximum atomic E-state index is 2.49. The molecule has 0 N–H and O–H groups in total. The summed E-state index contributed by atoms with van der Waals surface area (Å²) >= 11 is 1.90. The molecule has 2 heterocycles. The number of benzene rings is 3. The molecule has 0 aliphatic heterocycles. The normalized spacial score (nSPS) is 12.3. The Balaban J connectivity index is 1.98. The lowest BCUT2D eigenvalue weighted by Gasteiger charge is -2.20. The van der Waals surface area contributed by atoms with Gasteiger partial charge in [-0.1, -0.05) is 56.0 Å². The molecular weight excluding hydrogens is 386 g/mol. The lowest BCUT2D eigenvalue weighted by atomic mass is 9.97. The summed E-state index contributed by atoms with van der Waals surface area (Å²) in [5.74, 6) is 0. The lowest BCUT2D eigenvalue weighted by molar-refractivity contribution is -0.633. The molecule has 0 saturated carbocycles. The van der Waals surface area contributed by atoms with E-state index >= 15 is 0 Å². The van der Waals surface area contributed by atoms with Gasteiger partial charge in [0.15, 0.2) is 0 Å². The van der Waals surface area contributed by atoms with Gasteiger partial charge in [0, 0.05) is 37.7 Å². The van der Waals surface area contributed by atoms with Crippen molar-refractivity contribution >= 4 is 55.7 Å². The van der Waals surface area contributed by atoms with Crippen LogP contribution in [0, 0.1) is 6.92 Å². The van der Waals surface area contributed by atoms with Gasteiger partial charge in [0.05, 0.1) is 13.6 Å². The predicted molar refractivity (Wildman–Crippen MR) is 131 cm³/mol. The summed E-state index contributed by atoms with van der Waals surface area (Å²) in [6.07, 6.45) is 0. The van der Waals surface area contributed by atoms with E-state index in [9.17, 15) is 0 Å². The number of thiophene rings is 1. The fourth-order valence-electron chi connectivity index (χ4n) is 4.55. The predicted octanol–water partition coefficient (Wildman–Crippen LogP) is 6.55. The van der Waals surface area contributed by atoms with E-state index in [-0.39, 0.29) is 0 Å². The minimum atomic E-state index is -1.52. The molecule has 0 bridgehead atoms. The maximum Gasteiger partial charge on any atom is 0.213 e. The van der Waals surface area contributed by atoms with Crippen LogP contribution in [0.3, 0.4) is 0 Å². The molecule has 0 aliphatic carbocycles. The Labute approximate surface area is 177 Å². The number of aromatic nitrogens is 1. The number of rotatable bonds is 2. The Morgan fingerprint density at radius 2 is 1.48 bits per heavy atom. The molecule has 1 nitrogen and oxygen atoms in total. The lowest BCUT2D eigenvalue weighted by Crippen LogP contribution is -2.43. The van der Waals surface area contributed by atoms with Gasteiger partial charge >= 0.3 is 0 Å². The summed E-state index contributed by atoms with van der Waals surface area (Å²) in [5.41, 5.74) is 5.37. The molecule has 29 heavy (non-hydrogen) atoms. The smallest absolute Gasteiger partial charge is 0.194 e. The zero-order valence-corrected chi connectivity index (χ0v) is 19.5. The van der Waals surface area contributed by atoms with Crippen LogP contribution in [-0.4, -0.2) is 8.07 Å². The molecular formula is C26H26NSSi+. The van der Waals surface area contributed by atoms with Gasteiger partial charge in [-0.15, -0.1) is 11.3 Å². The van der Waals surface area contributed by atoms with Gasteiger partial charge in [-0.3, -0.25) is 0 Å². The molecule has 0 saturated heterocycles. The molecule has 0 fully saturated rings. The fourth-order valence-corrected chi connectivity index (χ4v) is 7.25. The van der Waals surface area contributed by atoms with Crippen LogP contribution in [0.2, 0.25) is 19.6 Å². The van der Waals surface area contributed by atoms with Crippen molar-refractivity contribution in [1.29, 1.82) is 0 Å². The van der Waals surface area contributed by atoms with E-state index in [2.05, 4.69) is 105 Å². The van der Waals surface area contributed by atoms with Crippen LogP contribution in [0.25, 0.3) is 42.3 Å². The summed E-state index contributed by atoms with van der Waals surface area (Å²) in [5, 5.41) is 5.71. The number of pyridine rings is 1. The minimum absolute atomic E-state index is 1.32. The van der Waals surface area contributed by atoms with Crippen LogP contribution < -0.4 is 9.75 Å². The first-order valence-corrected chi connectivity index (χ1v) is 14.5. The third-order valence-electron chi connectivity index (χ3n) is 6.01. The maximum absolute atomic E-state index is 2.49. The number of hydrogen-bond acceptors (Lipinski definition) is 1. The fraction of sp³-hybridized carbons (Fsp3) is 0.192. The quantitative estimate of drug-likeness (QED) is 0.228. The van der Waals surface area contributed by atoms with E-state index in [0.29, 0.717) is 0 Å². The molecule has 0 aliphatic rings. The number of aryl methyl sites for hydroxylation is 2. The molecule has 5 aromatic rings. The van der Waals surface area contributed by atoms with Gasteiger partial charge in [0.1, 0.15) is 7.05 Å². The molecule has 2 aromatic heterocycles. The van der Waals surface area contributed by atoms with Crippen molar-refractivity contribution in [2.75, 3.05) is 0 Å². The van der Waals surface area contributed by atoms with E-state index in [1.807, 2.05) is 11.3 Å². The van der Waals surface area contributed by atoms with Crippen LogP contribution in [0.15, 0.2) is 66.7 Å². The first kappa shape index (κ1) is 18.5. The highest BCUT2D eigenvalue weighted by molar-refractivity contribution is 7.25. The summed E-state index contributed by atoms with van der Waals surface area (Å²) in [4.78, 5) is 0. The SMILES string of the molecule is Cc1ccc2sc3ccccc3c2c1-c1cc([Si](C)(C)C)c2ccccc2[n+]1C. The molecule has 5 rings (SSSR count). The Hall–Kier alpha value is -2.49. The first-order valence-electron chi connectivity index (χ1n) is 10.2. The summed E-state index contributed by atoms with van der Waals surface area (Å²) < 4.78 is 5.13. The van der Waals surface area contributed by atoms with Crippen LogP contribution in [0.4, 0.5) is 0 Å². The Bertz CT molecular complexity index is 1410. The number of hydrogen-bond donors (Lipinski definition) is 0. The van der Waals surface area contributed by atoms with Crippen LogP contribution in [-0.2, 0) is 7.05 Å². The number of fused-ring (bicyclic) bond motifs is 4. The van der Waals surface area contributed by atoms with E-state index in [0.717, 1.165) is 0 Å². The van der Waals surface area contributed by atoms with Crippen LogP contribution >= 0.6 is 11.3 Å². The minimum Gasteiger partial charge on any atom is -0.194 e. The first-order chi connectivity index (χ1) is 13.9. The van der Waals surface area contributed by atoms with Crippen molar-refractivity contribution in [3.05, 3.63) is 72.3 Å². The summed E-state index contributed by atoms with van der Waals surface area (Å²) in [6, 6.07) is 24.8. The molecule has 3 heteroatoms. The second-order valence-electron chi connectivity index (χ2n) is 9.00. The zero-order chi connectivity index (χ0) is 20.3. The molecule has 0 radical (unpaired) electrons. The highest BCUT2D eigenvalue weighted by Crippen LogP contribution is 2.40. The van der Waals surface area contributed by atoms with Gasteiger partial charge in [-0.05, 0) is 35.9 Å². The largest absolute Gasteiger partial charge is 0.213 e. The van der Waals surface area contributed by atoms with Gasteiger partial charge in [0.25, 0.3) is 0 Å². The van der Waals surface area contributed by atoms with Crippen molar-refractivity contribution < 1.29 is 4.57 Å². The van der Waals surface area contributed by atoms with E-state index in [1.54, 1.807) is 0 Å². The average Bonchev–Trinajstić information content (AvgIpc) is 3.07. The van der Waals surface area contributed by atoms with Crippen molar-refractivity contribution in [1.82, 2.24) is 0 Å². The molecule has 3 aromatic carbocycles. The van der Waals surface area contributed by atoms with Crippen molar-refractivity contribution in [2.24, 2.45) is 7.05 Å². The van der Waals surface area contributed by atoms with Gasteiger partial charge in [0.2, 0.25) is 11.2 Å². The van der Waals surface area contributed by atoms with Crippen molar-refractivity contribution in [3.8, 4) is 11.3 Å². The van der Waals surface area contributed by atoms with Crippen LogP contribution in [0.5, 0.6) is 0 Å². The molecule has 144 valence electrons. The molecule has 0 atom stereocenters. The second-order valence-corrected chi connectivity index (χ2v) is 15.1. The Morgan fingerprint density at radius 1 is 0.793 bits per heavy atom. The van der Waals surface area contributed by atoms with Gasteiger partial charge in [-0.25, -0.2) is 0 Å². The average molecular weight is 413 g/mol. The van der Waals surface area contributed by atoms with E-state index in [4.69, 9.17) is 0 Å². The summed E-state index contributed by atoms with van der Waals surface area (Å²) in [6.45, 7) is 9.61. The molecule has 0 spiro atoms. The van der Waals surface area contributed by atoms with Gasteiger partial charge in [-0.2, -0.15) is 4.57 Å². The number of nitrogens with zero attached hydrogens (tertiary/aromatic N) is 1. The Morgan fingerprint density at radius 3 is 2.24 bits per heavy atom. The van der Waals surface area contributed by atoms with Crippen molar-refractivity contribution in [3.63, 3.8) is 0 Å². The Kier molecular flexibility index (Phi) is 4.16. The van der Waals surface area contributed by atoms with Crippen molar-refractivity contribution in [2.45, 2.75) is 26.6 Å². The summed E-state index contributed by atoms with van der Waals surface area (Å²) in [7, 11) is 0.703. The molecule has 0 amide bonds. The zero-order valence-electron chi connectivity index (χ0n) is 17.7. The van der Waals surface area contributed by atoms with E-state index < -0.39 is 8.07 Å².